The highest BCUT2D eigenvalue weighted by Gasteiger charge is 2.42. The van der Waals surface area contributed by atoms with Gasteiger partial charge in [-0.15, -0.1) is 0 Å². The summed E-state index contributed by atoms with van der Waals surface area (Å²) in [6.07, 6.45) is 5.50. The summed E-state index contributed by atoms with van der Waals surface area (Å²) in [6, 6.07) is 0. The molecule has 6 heteroatoms. The maximum atomic E-state index is 12.1. The maximum absolute atomic E-state index is 12.1. The zero-order valence-corrected chi connectivity index (χ0v) is 13.1. The van der Waals surface area contributed by atoms with Gasteiger partial charge >= 0.3 is 5.97 Å². The molecule has 0 aliphatic heterocycles. The van der Waals surface area contributed by atoms with Crippen LogP contribution in [0.15, 0.2) is 0 Å². The van der Waals surface area contributed by atoms with E-state index in [0.29, 0.717) is 12.3 Å². The fraction of sp³-hybridized carbons (Fsp3) is 0.846. The lowest BCUT2D eigenvalue weighted by molar-refractivity contribution is -0.137. The van der Waals surface area contributed by atoms with Gasteiger partial charge in [-0.25, -0.2) is 0 Å². The van der Waals surface area contributed by atoms with E-state index in [9.17, 15) is 9.59 Å². The van der Waals surface area contributed by atoms with Gasteiger partial charge in [-0.1, -0.05) is 41.4 Å². The van der Waals surface area contributed by atoms with Gasteiger partial charge in [-0.2, -0.15) is 0 Å². The second kappa shape index (κ2) is 8.74. The Morgan fingerprint density at radius 3 is 2.47 bits per heavy atom. The Balaban J connectivity index is 2.05. The molecule has 1 saturated carbocycles. The Morgan fingerprint density at radius 1 is 1.26 bits per heavy atom. The van der Waals surface area contributed by atoms with Gasteiger partial charge in [0.15, 0.2) is 0 Å². The van der Waals surface area contributed by atoms with Crippen LogP contribution in [-0.4, -0.2) is 35.0 Å². The Bertz CT molecular complexity index is 306. The Labute approximate surface area is 122 Å². The number of amides is 1. The van der Waals surface area contributed by atoms with Gasteiger partial charge in [0.25, 0.3) is 0 Å². The minimum absolute atomic E-state index is 0.0735. The van der Waals surface area contributed by atoms with Crippen LogP contribution in [0.4, 0.5) is 0 Å². The number of carbonyl (C=O) groups is 2. The lowest BCUT2D eigenvalue weighted by Gasteiger charge is -2.40. The third kappa shape index (κ3) is 5.65. The molecule has 0 radical (unpaired) electrons. The van der Waals surface area contributed by atoms with Crippen molar-refractivity contribution in [3.05, 3.63) is 0 Å². The lowest BCUT2D eigenvalue weighted by Crippen LogP contribution is -2.46. The van der Waals surface area contributed by atoms with Gasteiger partial charge in [0.1, 0.15) is 0 Å². The standard InChI is InChI=1S/C13H23NO3S2/c1-2-5-13(6-3-7-13)12(17)14-8-10-19-18-9-4-11(15)16/h2-10H2,1H3,(H,14,17)(H,15,16). The summed E-state index contributed by atoms with van der Waals surface area (Å²) in [4.78, 5) is 22.4. The number of hydrogen-bond acceptors (Lipinski definition) is 4. The summed E-state index contributed by atoms with van der Waals surface area (Å²) in [5.74, 6) is 0.913. The van der Waals surface area contributed by atoms with Crippen LogP contribution in [0.2, 0.25) is 0 Å². The molecule has 1 rings (SSSR count). The van der Waals surface area contributed by atoms with Crippen LogP contribution in [-0.2, 0) is 9.59 Å². The van der Waals surface area contributed by atoms with Crippen LogP contribution in [0.1, 0.15) is 45.4 Å². The topological polar surface area (TPSA) is 66.4 Å². The predicted octanol–water partition coefficient (Wildman–Crippen LogP) is 2.93. The quantitative estimate of drug-likeness (QED) is 0.480. The largest absolute Gasteiger partial charge is 0.481 e. The minimum Gasteiger partial charge on any atom is -0.481 e. The van der Waals surface area contributed by atoms with Crippen LogP contribution < -0.4 is 5.32 Å². The smallest absolute Gasteiger partial charge is 0.304 e. The van der Waals surface area contributed by atoms with Crippen molar-refractivity contribution in [2.45, 2.75) is 45.4 Å². The fourth-order valence-corrected chi connectivity index (χ4v) is 4.20. The highest BCUT2D eigenvalue weighted by atomic mass is 33.1. The van der Waals surface area contributed by atoms with Crippen LogP contribution >= 0.6 is 21.6 Å². The number of hydrogen-bond donors (Lipinski definition) is 2. The van der Waals surface area contributed by atoms with E-state index in [4.69, 9.17) is 5.11 Å². The molecule has 1 amide bonds. The second-order valence-corrected chi connectivity index (χ2v) is 7.63. The van der Waals surface area contributed by atoms with E-state index in [2.05, 4.69) is 12.2 Å². The minimum atomic E-state index is -0.757. The fourth-order valence-electron chi connectivity index (χ4n) is 2.31. The third-order valence-corrected chi connectivity index (χ3v) is 5.88. The number of carboxylic acids is 1. The molecule has 4 nitrogen and oxygen atoms in total. The molecule has 0 aromatic carbocycles. The van der Waals surface area contributed by atoms with E-state index in [0.717, 1.165) is 31.4 Å². The van der Waals surface area contributed by atoms with Crippen molar-refractivity contribution in [1.82, 2.24) is 5.32 Å². The predicted molar refractivity (Wildman–Crippen MR) is 81.4 cm³/mol. The molecule has 1 aliphatic carbocycles. The summed E-state index contributed by atoms with van der Waals surface area (Å²) < 4.78 is 0. The second-order valence-electron chi connectivity index (χ2n) is 4.93. The first-order valence-corrected chi connectivity index (χ1v) is 9.34. The van der Waals surface area contributed by atoms with Crippen molar-refractivity contribution in [3.63, 3.8) is 0 Å². The molecule has 0 bridgehead atoms. The first kappa shape index (κ1) is 16.7. The summed E-state index contributed by atoms with van der Waals surface area (Å²) in [5.41, 5.74) is -0.0735. The molecular formula is C13H23NO3S2. The Kier molecular flexibility index (Phi) is 7.68. The zero-order valence-electron chi connectivity index (χ0n) is 11.4. The molecule has 1 aliphatic rings. The van der Waals surface area contributed by atoms with Crippen LogP contribution in [0.5, 0.6) is 0 Å². The van der Waals surface area contributed by atoms with E-state index in [1.165, 1.54) is 6.42 Å². The highest BCUT2D eigenvalue weighted by molar-refractivity contribution is 8.76. The molecule has 19 heavy (non-hydrogen) atoms. The van der Waals surface area contributed by atoms with E-state index < -0.39 is 5.97 Å². The lowest BCUT2D eigenvalue weighted by atomic mass is 9.65. The molecule has 0 saturated heterocycles. The maximum Gasteiger partial charge on any atom is 0.304 e. The van der Waals surface area contributed by atoms with Crippen molar-refractivity contribution >= 4 is 33.5 Å². The Hall–Kier alpha value is -0.360. The number of carbonyl (C=O) groups excluding carboxylic acids is 1. The average molecular weight is 305 g/mol. The number of aliphatic carboxylic acids is 1. The van der Waals surface area contributed by atoms with Crippen LogP contribution in [0.3, 0.4) is 0 Å². The summed E-state index contributed by atoms with van der Waals surface area (Å²) >= 11 is 0. The SMILES string of the molecule is CCCC1(C(=O)NCCSSCCC(=O)O)CCC1. The molecule has 0 unspecified atom stereocenters. The highest BCUT2D eigenvalue weighted by Crippen LogP contribution is 2.44. The number of carboxylic acid groups (broad SMARTS) is 1. The molecular weight excluding hydrogens is 282 g/mol. The molecule has 110 valence electrons. The van der Waals surface area contributed by atoms with E-state index in [1.807, 2.05) is 0 Å². The Morgan fingerprint density at radius 2 is 1.95 bits per heavy atom. The molecule has 0 heterocycles. The first-order valence-electron chi connectivity index (χ1n) is 6.85. The average Bonchev–Trinajstić information content (AvgIpc) is 2.31. The summed E-state index contributed by atoms with van der Waals surface area (Å²) in [5, 5.41) is 11.5. The van der Waals surface area contributed by atoms with Crippen molar-refractivity contribution in [1.29, 1.82) is 0 Å². The van der Waals surface area contributed by atoms with E-state index in [1.54, 1.807) is 21.6 Å². The van der Waals surface area contributed by atoms with Gasteiger partial charge in [0.2, 0.25) is 5.91 Å². The number of nitrogens with one attached hydrogen (secondary N) is 1. The van der Waals surface area contributed by atoms with Gasteiger partial charge in [0.05, 0.1) is 6.42 Å². The molecule has 0 aromatic rings. The van der Waals surface area contributed by atoms with Crippen molar-refractivity contribution in [3.8, 4) is 0 Å². The third-order valence-electron chi connectivity index (χ3n) is 3.47. The summed E-state index contributed by atoms with van der Waals surface area (Å²) in [7, 11) is 3.18. The number of rotatable bonds is 10. The molecule has 0 aromatic heterocycles. The van der Waals surface area contributed by atoms with Crippen LogP contribution in [0.25, 0.3) is 0 Å². The normalized spacial score (nSPS) is 16.7. The van der Waals surface area contributed by atoms with Gasteiger partial charge < -0.3 is 10.4 Å². The van der Waals surface area contributed by atoms with E-state index in [-0.39, 0.29) is 17.7 Å². The van der Waals surface area contributed by atoms with Gasteiger partial charge in [0, 0.05) is 23.5 Å². The molecule has 0 atom stereocenters. The van der Waals surface area contributed by atoms with Crippen LogP contribution in [0, 0.1) is 5.41 Å². The first-order chi connectivity index (χ1) is 9.10. The summed E-state index contributed by atoms with van der Waals surface area (Å²) in [6.45, 7) is 2.80. The zero-order chi connectivity index (χ0) is 14.1. The molecule has 1 fully saturated rings. The van der Waals surface area contributed by atoms with Crippen molar-refractivity contribution < 1.29 is 14.7 Å². The van der Waals surface area contributed by atoms with Crippen molar-refractivity contribution in [2.75, 3.05) is 18.1 Å². The monoisotopic (exact) mass is 305 g/mol. The molecule has 2 N–H and O–H groups in total. The van der Waals surface area contributed by atoms with E-state index >= 15 is 0 Å². The molecule has 0 spiro atoms. The van der Waals surface area contributed by atoms with Gasteiger partial charge in [-0.3, -0.25) is 9.59 Å². The van der Waals surface area contributed by atoms with Gasteiger partial charge in [-0.05, 0) is 19.3 Å². The van der Waals surface area contributed by atoms with Crippen molar-refractivity contribution in [2.24, 2.45) is 5.41 Å².